The summed E-state index contributed by atoms with van der Waals surface area (Å²) < 4.78 is 9.83. The van der Waals surface area contributed by atoms with Gasteiger partial charge >= 0.3 is 11.9 Å². The Balaban J connectivity index is 3.49. The Kier molecular flexibility index (Phi) is 9.74. The molecule has 0 aromatic heterocycles. The zero-order valence-corrected chi connectivity index (χ0v) is 12.2. The molecule has 0 aliphatic carbocycles. The Morgan fingerprint density at radius 3 is 2.11 bits per heavy atom. The fourth-order valence-electron chi connectivity index (χ4n) is 1.23. The SMILES string of the molecule is CC(C)CCCOC(=O)CCC(=O)OCC(C)Cl. The molecule has 0 aliphatic rings. The van der Waals surface area contributed by atoms with Gasteiger partial charge in [0, 0.05) is 0 Å². The van der Waals surface area contributed by atoms with Crippen LogP contribution in [-0.2, 0) is 19.1 Å². The van der Waals surface area contributed by atoms with E-state index in [9.17, 15) is 9.59 Å². The summed E-state index contributed by atoms with van der Waals surface area (Å²) in [7, 11) is 0. The van der Waals surface area contributed by atoms with Crippen LogP contribution in [0.1, 0.15) is 46.5 Å². The summed E-state index contributed by atoms with van der Waals surface area (Å²) in [6, 6.07) is 0. The minimum Gasteiger partial charge on any atom is -0.466 e. The molecule has 0 heterocycles. The standard InChI is InChI=1S/C13H23ClO4/c1-10(2)5-4-8-17-12(15)6-7-13(16)18-9-11(3)14/h10-11H,4-9H2,1-3H3. The number of esters is 2. The van der Waals surface area contributed by atoms with Gasteiger partial charge in [0.2, 0.25) is 0 Å². The molecule has 0 aromatic rings. The minimum absolute atomic E-state index is 0.0482. The molecule has 18 heavy (non-hydrogen) atoms. The van der Waals surface area contributed by atoms with Crippen molar-refractivity contribution in [2.45, 2.75) is 51.8 Å². The van der Waals surface area contributed by atoms with E-state index in [0.717, 1.165) is 12.8 Å². The predicted octanol–water partition coefficient (Wildman–Crippen LogP) is 2.92. The lowest BCUT2D eigenvalue weighted by Crippen LogP contribution is -2.14. The van der Waals surface area contributed by atoms with E-state index in [1.54, 1.807) is 6.92 Å². The van der Waals surface area contributed by atoms with E-state index < -0.39 is 5.97 Å². The maximum absolute atomic E-state index is 11.3. The molecule has 0 amide bonds. The molecule has 5 heteroatoms. The van der Waals surface area contributed by atoms with E-state index >= 15 is 0 Å². The van der Waals surface area contributed by atoms with Gasteiger partial charge in [-0.1, -0.05) is 13.8 Å². The smallest absolute Gasteiger partial charge is 0.306 e. The van der Waals surface area contributed by atoms with Crippen LogP contribution in [0.4, 0.5) is 0 Å². The highest BCUT2D eigenvalue weighted by molar-refractivity contribution is 6.20. The van der Waals surface area contributed by atoms with E-state index in [1.165, 1.54) is 0 Å². The monoisotopic (exact) mass is 278 g/mol. The lowest BCUT2D eigenvalue weighted by Gasteiger charge is -2.07. The van der Waals surface area contributed by atoms with Gasteiger partial charge < -0.3 is 9.47 Å². The van der Waals surface area contributed by atoms with Crippen LogP contribution < -0.4 is 0 Å². The van der Waals surface area contributed by atoms with Crippen molar-refractivity contribution in [3.8, 4) is 0 Å². The molecule has 0 radical (unpaired) electrons. The Morgan fingerprint density at radius 2 is 1.61 bits per heavy atom. The first-order chi connectivity index (χ1) is 8.41. The number of rotatable bonds is 9. The van der Waals surface area contributed by atoms with Gasteiger partial charge in [-0.3, -0.25) is 9.59 Å². The van der Waals surface area contributed by atoms with Gasteiger partial charge in [-0.2, -0.15) is 0 Å². The van der Waals surface area contributed by atoms with Crippen LogP contribution in [-0.4, -0.2) is 30.5 Å². The van der Waals surface area contributed by atoms with Gasteiger partial charge in [0.1, 0.15) is 6.61 Å². The van der Waals surface area contributed by atoms with Gasteiger partial charge in [0.05, 0.1) is 24.8 Å². The summed E-state index contributed by atoms with van der Waals surface area (Å²) in [5.74, 6) is -0.160. The molecular weight excluding hydrogens is 256 g/mol. The van der Waals surface area contributed by atoms with Gasteiger partial charge in [0.25, 0.3) is 0 Å². The number of carbonyl (C=O) groups excluding carboxylic acids is 2. The zero-order chi connectivity index (χ0) is 14.0. The fraction of sp³-hybridized carbons (Fsp3) is 0.846. The van der Waals surface area contributed by atoms with Crippen molar-refractivity contribution < 1.29 is 19.1 Å². The molecule has 0 rings (SSSR count). The fourth-order valence-corrected chi connectivity index (χ4v) is 1.30. The molecule has 0 aromatic carbocycles. The summed E-state index contributed by atoms with van der Waals surface area (Å²) in [4.78, 5) is 22.5. The summed E-state index contributed by atoms with van der Waals surface area (Å²) >= 11 is 5.63. The average Bonchev–Trinajstić information content (AvgIpc) is 2.29. The molecular formula is C13H23ClO4. The number of ether oxygens (including phenoxy) is 2. The average molecular weight is 279 g/mol. The molecule has 106 valence electrons. The summed E-state index contributed by atoms with van der Waals surface area (Å²) in [5.41, 5.74) is 0. The van der Waals surface area contributed by atoms with Crippen molar-refractivity contribution in [3.63, 3.8) is 0 Å². The Bertz CT molecular complexity index is 251. The van der Waals surface area contributed by atoms with Crippen molar-refractivity contribution in [2.75, 3.05) is 13.2 Å². The third-order valence-electron chi connectivity index (χ3n) is 2.20. The van der Waals surface area contributed by atoms with E-state index in [2.05, 4.69) is 13.8 Å². The molecule has 0 fully saturated rings. The van der Waals surface area contributed by atoms with Crippen LogP contribution in [0.15, 0.2) is 0 Å². The van der Waals surface area contributed by atoms with Crippen LogP contribution in [0.5, 0.6) is 0 Å². The number of hydrogen-bond acceptors (Lipinski definition) is 4. The third kappa shape index (κ3) is 11.7. The van der Waals surface area contributed by atoms with E-state index in [0.29, 0.717) is 12.5 Å². The quantitative estimate of drug-likeness (QED) is 0.370. The predicted molar refractivity (Wildman–Crippen MR) is 70.5 cm³/mol. The van der Waals surface area contributed by atoms with Crippen LogP contribution in [0.25, 0.3) is 0 Å². The second kappa shape index (κ2) is 10.2. The molecule has 0 bridgehead atoms. The maximum atomic E-state index is 11.3. The Hall–Kier alpha value is -0.770. The number of carbonyl (C=O) groups is 2. The largest absolute Gasteiger partial charge is 0.466 e. The first-order valence-electron chi connectivity index (χ1n) is 6.37. The van der Waals surface area contributed by atoms with Crippen molar-refractivity contribution in [2.24, 2.45) is 5.92 Å². The lowest BCUT2D eigenvalue weighted by atomic mass is 10.1. The lowest BCUT2D eigenvalue weighted by molar-refractivity contribution is -0.150. The summed E-state index contributed by atoms with van der Waals surface area (Å²) in [6.45, 7) is 6.57. The number of halogens is 1. The molecule has 0 saturated carbocycles. The number of alkyl halides is 1. The van der Waals surface area contributed by atoms with Gasteiger partial charge in [-0.15, -0.1) is 11.6 Å². The van der Waals surface area contributed by atoms with Crippen LogP contribution >= 0.6 is 11.6 Å². The highest BCUT2D eigenvalue weighted by atomic mass is 35.5. The topological polar surface area (TPSA) is 52.6 Å². The zero-order valence-electron chi connectivity index (χ0n) is 11.4. The molecule has 0 spiro atoms. The van der Waals surface area contributed by atoms with E-state index in [4.69, 9.17) is 21.1 Å². The maximum Gasteiger partial charge on any atom is 0.306 e. The van der Waals surface area contributed by atoms with E-state index in [1.807, 2.05) is 0 Å². The third-order valence-corrected chi connectivity index (χ3v) is 2.32. The summed E-state index contributed by atoms with van der Waals surface area (Å²) in [6.07, 6.45) is 2.00. The van der Waals surface area contributed by atoms with Crippen LogP contribution in [0.3, 0.4) is 0 Å². The molecule has 0 saturated heterocycles. The van der Waals surface area contributed by atoms with Crippen LogP contribution in [0.2, 0.25) is 0 Å². The molecule has 1 unspecified atom stereocenters. The van der Waals surface area contributed by atoms with Gasteiger partial charge in [0.15, 0.2) is 0 Å². The van der Waals surface area contributed by atoms with E-state index in [-0.39, 0.29) is 30.8 Å². The molecule has 4 nitrogen and oxygen atoms in total. The first-order valence-corrected chi connectivity index (χ1v) is 6.80. The van der Waals surface area contributed by atoms with Crippen molar-refractivity contribution in [1.29, 1.82) is 0 Å². The molecule has 1 atom stereocenters. The van der Waals surface area contributed by atoms with Crippen LogP contribution in [0, 0.1) is 5.92 Å². The minimum atomic E-state index is -0.415. The van der Waals surface area contributed by atoms with Crippen molar-refractivity contribution in [1.82, 2.24) is 0 Å². The highest BCUT2D eigenvalue weighted by Crippen LogP contribution is 2.04. The van der Waals surface area contributed by atoms with Gasteiger partial charge in [-0.05, 0) is 25.7 Å². The second-order valence-electron chi connectivity index (χ2n) is 4.72. The van der Waals surface area contributed by atoms with Gasteiger partial charge in [-0.25, -0.2) is 0 Å². The van der Waals surface area contributed by atoms with Crippen molar-refractivity contribution >= 4 is 23.5 Å². The first kappa shape index (κ1) is 17.2. The Labute approximate surface area is 114 Å². The second-order valence-corrected chi connectivity index (χ2v) is 5.47. The summed E-state index contributed by atoms with van der Waals surface area (Å²) in [5, 5.41) is -0.211. The molecule has 0 N–H and O–H groups in total. The van der Waals surface area contributed by atoms with Crippen molar-refractivity contribution in [3.05, 3.63) is 0 Å². The normalized spacial score (nSPS) is 12.3. The number of hydrogen-bond donors (Lipinski definition) is 0. The molecule has 0 aliphatic heterocycles. The highest BCUT2D eigenvalue weighted by Gasteiger charge is 2.10. The Morgan fingerprint density at radius 1 is 1.06 bits per heavy atom.